The maximum Gasteiger partial charge on any atom is 0.288 e. The smallest absolute Gasteiger partial charge is 0.267 e. The zero-order chi connectivity index (χ0) is 26.3. The number of nitro benzene ring substituents is 1. The van der Waals surface area contributed by atoms with Gasteiger partial charge in [0.25, 0.3) is 11.6 Å². The fourth-order valence-electron chi connectivity index (χ4n) is 5.13. The van der Waals surface area contributed by atoms with Crippen molar-refractivity contribution in [2.45, 2.75) is 25.8 Å². The van der Waals surface area contributed by atoms with Gasteiger partial charge in [0, 0.05) is 27.6 Å². The highest BCUT2D eigenvalue weighted by Crippen LogP contribution is 2.47. The molecule has 6 nitrogen and oxygen atoms in total. The normalized spacial score (nSPS) is 22.1. The van der Waals surface area contributed by atoms with Crippen LogP contribution in [0.3, 0.4) is 0 Å². The summed E-state index contributed by atoms with van der Waals surface area (Å²) >= 11 is 18.2. The molecule has 0 aromatic heterocycles. The zero-order valence-electron chi connectivity index (χ0n) is 19.8. The van der Waals surface area contributed by atoms with Gasteiger partial charge in [-0.15, -0.1) is 0 Å². The van der Waals surface area contributed by atoms with E-state index in [1.165, 1.54) is 23.2 Å². The summed E-state index contributed by atoms with van der Waals surface area (Å²) in [6.45, 7) is 2.19. The van der Waals surface area contributed by atoms with Gasteiger partial charge >= 0.3 is 0 Å². The maximum absolute atomic E-state index is 13.8. The minimum absolute atomic E-state index is 0.0285. The molecule has 1 aliphatic carbocycles. The molecule has 3 aromatic carbocycles. The molecular weight excluding hydrogens is 533 g/mol. The molecule has 9 heteroatoms. The summed E-state index contributed by atoms with van der Waals surface area (Å²) in [5, 5.41) is 19.0. The van der Waals surface area contributed by atoms with Gasteiger partial charge in [-0.05, 0) is 77.9 Å². The number of carbonyl (C=O) groups excluding carboxylic acids is 1. The summed E-state index contributed by atoms with van der Waals surface area (Å²) in [5.41, 5.74) is 3.62. The predicted molar refractivity (Wildman–Crippen MR) is 147 cm³/mol. The quantitative estimate of drug-likeness (QED) is 0.241. The van der Waals surface area contributed by atoms with Crippen LogP contribution in [0.1, 0.15) is 47.3 Å². The molecule has 0 saturated heterocycles. The first-order valence-electron chi connectivity index (χ1n) is 11.8. The van der Waals surface area contributed by atoms with Crippen LogP contribution in [0, 0.1) is 22.0 Å². The number of halogens is 3. The molecule has 0 unspecified atom stereocenters. The lowest BCUT2D eigenvalue weighted by atomic mass is 9.73. The Kier molecular flexibility index (Phi) is 7.08. The molecule has 1 heterocycles. The number of nitrogens with zero attached hydrogens (tertiary/aromatic N) is 3. The Hall–Kier alpha value is -3.19. The Balaban J connectivity index is 1.61. The number of hydrogen-bond donors (Lipinski definition) is 0. The van der Waals surface area contributed by atoms with Crippen molar-refractivity contribution in [3.8, 4) is 0 Å². The van der Waals surface area contributed by atoms with E-state index in [-0.39, 0.29) is 28.2 Å². The molecule has 1 fully saturated rings. The number of carbonyl (C=O) groups is 1. The van der Waals surface area contributed by atoms with Gasteiger partial charge in [-0.1, -0.05) is 66.0 Å². The minimum atomic E-state index is -0.597. The van der Waals surface area contributed by atoms with Crippen molar-refractivity contribution in [2.75, 3.05) is 0 Å². The second-order valence-electron chi connectivity index (χ2n) is 9.43. The highest BCUT2D eigenvalue weighted by atomic mass is 35.5. The molecule has 3 aromatic rings. The Morgan fingerprint density at radius 2 is 1.68 bits per heavy atom. The number of nitro groups is 1. The van der Waals surface area contributed by atoms with Crippen molar-refractivity contribution in [3.63, 3.8) is 0 Å². The van der Waals surface area contributed by atoms with E-state index < -0.39 is 10.8 Å². The van der Waals surface area contributed by atoms with Gasteiger partial charge in [0.05, 0.1) is 16.7 Å². The lowest BCUT2D eigenvalue weighted by Gasteiger charge is -2.32. The maximum atomic E-state index is 13.8. The van der Waals surface area contributed by atoms with Crippen molar-refractivity contribution in [2.24, 2.45) is 16.9 Å². The third-order valence-corrected chi connectivity index (χ3v) is 7.61. The van der Waals surface area contributed by atoms with E-state index >= 15 is 0 Å². The van der Waals surface area contributed by atoms with Gasteiger partial charge in [-0.25, -0.2) is 5.01 Å². The van der Waals surface area contributed by atoms with Crippen molar-refractivity contribution >= 4 is 58.2 Å². The second-order valence-corrected chi connectivity index (χ2v) is 10.7. The van der Waals surface area contributed by atoms with Crippen molar-refractivity contribution in [1.82, 2.24) is 5.01 Å². The molecule has 0 bridgehead atoms. The Bertz CT molecular complexity index is 1440. The third-order valence-electron chi connectivity index (χ3n) is 6.79. The van der Waals surface area contributed by atoms with Crippen LogP contribution in [0.2, 0.25) is 15.1 Å². The van der Waals surface area contributed by atoms with E-state index in [1.54, 1.807) is 12.1 Å². The highest BCUT2D eigenvalue weighted by Gasteiger charge is 2.45. The monoisotopic (exact) mass is 553 g/mol. The number of allylic oxidation sites excluding steroid dienone is 1. The number of hydrogen-bond acceptors (Lipinski definition) is 4. The van der Waals surface area contributed by atoms with E-state index in [4.69, 9.17) is 39.9 Å². The topological polar surface area (TPSA) is 75.8 Å². The SMILES string of the molecule is C[C@@H]1C/C(=C\c2ccc(Cl)cc2)C2=NN(C(=O)c3ccc(Cl)c([N+](=O)[O-])c3)[C@H](c3ccc(Cl)cc3)[C@@H]2C1. The van der Waals surface area contributed by atoms with Gasteiger partial charge in [-0.3, -0.25) is 14.9 Å². The Morgan fingerprint density at radius 3 is 2.32 bits per heavy atom. The summed E-state index contributed by atoms with van der Waals surface area (Å²) in [4.78, 5) is 24.7. The largest absolute Gasteiger partial charge is 0.288 e. The van der Waals surface area contributed by atoms with Gasteiger partial charge in [0.15, 0.2) is 0 Å². The molecule has 0 radical (unpaired) electrons. The van der Waals surface area contributed by atoms with Crippen LogP contribution in [0.4, 0.5) is 5.69 Å². The first kappa shape index (κ1) is 25.5. The average Bonchev–Trinajstić information content (AvgIpc) is 3.25. The Morgan fingerprint density at radius 1 is 1.03 bits per heavy atom. The number of benzene rings is 3. The van der Waals surface area contributed by atoms with Crippen molar-refractivity contribution in [3.05, 3.63) is 114 Å². The Labute approximate surface area is 229 Å². The van der Waals surface area contributed by atoms with Crippen LogP contribution in [0.25, 0.3) is 6.08 Å². The van der Waals surface area contributed by atoms with Crippen LogP contribution in [0.15, 0.2) is 77.4 Å². The lowest BCUT2D eigenvalue weighted by Crippen LogP contribution is -2.33. The summed E-state index contributed by atoms with van der Waals surface area (Å²) in [5.74, 6) is -0.112. The zero-order valence-corrected chi connectivity index (χ0v) is 22.0. The number of fused-ring (bicyclic) bond motifs is 1. The van der Waals surface area contributed by atoms with Crippen molar-refractivity contribution < 1.29 is 9.72 Å². The predicted octanol–water partition coefficient (Wildman–Crippen LogP) is 8.24. The average molecular weight is 555 g/mol. The standard InChI is InChI=1S/C28H22Cl3N3O3/c1-16-12-20(14-17-2-7-21(29)8-3-17)26-23(13-16)27(18-4-9-22(30)10-5-18)33(32-26)28(35)19-6-11-24(31)25(15-19)34(36)37/h2-11,14-16,23,27H,12-13H2,1H3/b20-14+/t16-,23-,27-/m1/s1. The minimum Gasteiger partial charge on any atom is -0.267 e. The number of amides is 1. The van der Waals surface area contributed by atoms with Crippen molar-refractivity contribution in [1.29, 1.82) is 0 Å². The van der Waals surface area contributed by atoms with Gasteiger partial charge in [0.1, 0.15) is 5.02 Å². The summed E-state index contributed by atoms with van der Waals surface area (Å²) in [6, 6.07) is 18.7. The molecule has 1 saturated carbocycles. The highest BCUT2D eigenvalue weighted by molar-refractivity contribution is 6.32. The number of rotatable bonds is 4. The van der Waals surface area contributed by atoms with Gasteiger partial charge in [-0.2, -0.15) is 5.10 Å². The molecule has 3 atom stereocenters. The van der Waals surface area contributed by atoms with Crippen LogP contribution >= 0.6 is 34.8 Å². The molecule has 2 aliphatic rings. The van der Waals surface area contributed by atoms with Crippen LogP contribution in [-0.4, -0.2) is 21.6 Å². The molecule has 37 heavy (non-hydrogen) atoms. The fourth-order valence-corrected chi connectivity index (χ4v) is 5.57. The van der Waals surface area contributed by atoms with Crippen LogP contribution in [0.5, 0.6) is 0 Å². The van der Waals surface area contributed by atoms with Gasteiger partial charge in [0.2, 0.25) is 0 Å². The lowest BCUT2D eigenvalue weighted by molar-refractivity contribution is -0.384. The van der Waals surface area contributed by atoms with E-state index in [0.717, 1.165) is 35.3 Å². The molecule has 0 spiro atoms. The number of hydrazone groups is 1. The van der Waals surface area contributed by atoms with Gasteiger partial charge < -0.3 is 0 Å². The first-order valence-corrected chi connectivity index (χ1v) is 12.9. The third kappa shape index (κ3) is 5.14. The second kappa shape index (κ2) is 10.3. The van der Waals surface area contributed by atoms with E-state index in [0.29, 0.717) is 16.0 Å². The molecule has 188 valence electrons. The van der Waals surface area contributed by atoms with Crippen LogP contribution in [-0.2, 0) is 0 Å². The summed E-state index contributed by atoms with van der Waals surface area (Å²) in [6.07, 6.45) is 3.76. The molecule has 1 amide bonds. The fraction of sp³-hybridized carbons (Fsp3) is 0.214. The van der Waals surface area contributed by atoms with E-state index in [1.807, 2.05) is 36.4 Å². The van der Waals surface area contributed by atoms with E-state index in [2.05, 4.69) is 13.0 Å². The molecule has 1 aliphatic heterocycles. The van der Waals surface area contributed by atoms with Crippen LogP contribution < -0.4 is 0 Å². The molecular formula is C28H22Cl3N3O3. The summed E-state index contributed by atoms with van der Waals surface area (Å²) in [7, 11) is 0. The molecule has 5 rings (SSSR count). The molecule has 0 N–H and O–H groups in total. The first-order chi connectivity index (χ1) is 17.7. The summed E-state index contributed by atoms with van der Waals surface area (Å²) < 4.78 is 0. The van der Waals surface area contributed by atoms with E-state index in [9.17, 15) is 14.9 Å².